The average molecular weight is 500 g/mol. The third-order valence-corrected chi connectivity index (χ3v) is 6.42. The third kappa shape index (κ3) is 4.86. The van der Waals surface area contributed by atoms with Gasteiger partial charge in [0.05, 0.1) is 27.4 Å². The number of thioether (sulfide) groups is 1. The number of nitrogen functional groups attached to an aromatic ring is 1. The van der Waals surface area contributed by atoms with Gasteiger partial charge in [-0.2, -0.15) is 0 Å². The van der Waals surface area contributed by atoms with Crippen molar-refractivity contribution in [1.82, 2.24) is 26.0 Å². The fourth-order valence-corrected chi connectivity index (χ4v) is 4.56. The minimum atomic E-state index is 0.689. The second-order valence-corrected chi connectivity index (χ2v) is 9.69. The number of nitrogens with one attached hydrogen (secondary N) is 3. The molecule has 184 valence electrons. The van der Waals surface area contributed by atoms with E-state index in [2.05, 4.69) is 43.3 Å². The van der Waals surface area contributed by atoms with E-state index in [0.717, 1.165) is 55.3 Å². The van der Waals surface area contributed by atoms with Crippen LogP contribution in [0.15, 0.2) is 64.6 Å². The number of hydrogen-bond acceptors (Lipinski definition) is 9. The van der Waals surface area contributed by atoms with Crippen molar-refractivity contribution < 1.29 is 0 Å². The Kier molecular flexibility index (Phi) is 6.29. The van der Waals surface area contributed by atoms with Gasteiger partial charge in [-0.3, -0.25) is 26.2 Å². The van der Waals surface area contributed by atoms with E-state index in [9.17, 15) is 0 Å². The highest BCUT2D eigenvalue weighted by molar-refractivity contribution is 8.02. The Morgan fingerprint density at radius 3 is 2.42 bits per heavy atom. The number of nitrogens with two attached hydrogens (primary N) is 1. The van der Waals surface area contributed by atoms with Gasteiger partial charge < -0.3 is 10.6 Å². The predicted octanol–water partition coefficient (Wildman–Crippen LogP) is 4.63. The van der Waals surface area contributed by atoms with Gasteiger partial charge in [0.2, 0.25) is 0 Å². The summed E-state index contributed by atoms with van der Waals surface area (Å²) in [5.41, 5.74) is 23.3. The van der Waals surface area contributed by atoms with Gasteiger partial charge in [0, 0.05) is 53.7 Å². The Balaban J connectivity index is 1.44. The van der Waals surface area contributed by atoms with Gasteiger partial charge in [-0.1, -0.05) is 0 Å². The fraction of sp³-hybridized carbons (Fsp3) is 0.192. The first-order valence-corrected chi connectivity index (χ1v) is 12.7. The molecule has 1 aliphatic rings. The molecule has 0 atom stereocenters. The van der Waals surface area contributed by atoms with Crippen LogP contribution in [0, 0.1) is 13.8 Å². The number of anilines is 3. The summed E-state index contributed by atoms with van der Waals surface area (Å²) in [7, 11) is 4.08. The molecule has 1 aliphatic heterocycles. The van der Waals surface area contributed by atoms with Gasteiger partial charge in [0.15, 0.2) is 0 Å². The molecule has 0 unspecified atom stereocenters. The molecule has 0 radical (unpaired) electrons. The first kappa shape index (κ1) is 23.7. The standard InChI is InChI=1S/C26H29N9S/c1-15-10-21(27)19-13-18(7-9-22(19)28-15)31-35-32-25(14-26(33-35)36-5)30-17-6-8-23-20(12-17)24(34(3)4)11-16(2)29-23/h6-14,31,33H,1-5H3,(H2,27,28)(H,30,32). The molecule has 0 saturated heterocycles. The minimum absolute atomic E-state index is 0.689. The first-order chi connectivity index (χ1) is 17.3. The van der Waals surface area contributed by atoms with Crippen LogP contribution < -0.4 is 26.9 Å². The number of fused-ring (bicyclic) bond motifs is 2. The van der Waals surface area contributed by atoms with Crippen LogP contribution in [0.4, 0.5) is 22.7 Å². The zero-order chi connectivity index (χ0) is 25.4. The van der Waals surface area contributed by atoms with Crippen LogP contribution in [0.1, 0.15) is 11.4 Å². The Morgan fingerprint density at radius 1 is 0.944 bits per heavy atom. The maximum absolute atomic E-state index is 6.24. The first-order valence-electron chi connectivity index (χ1n) is 11.5. The van der Waals surface area contributed by atoms with Crippen molar-refractivity contribution in [2.24, 2.45) is 4.99 Å². The van der Waals surface area contributed by atoms with Crippen molar-refractivity contribution in [3.05, 3.63) is 71.0 Å². The number of benzene rings is 2. The number of amidine groups is 1. The summed E-state index contributed by atoms with van der Waals surface area (Å²) >= 11 is 1.59. The second kappa shape index (κ2) is 9.56. The largest absolute Gasteiger partial charge is 0.398 e. The minimum Gasteiger partial charge on any atom is -0.398 e. The quantitative estimate of drug-likeness (QED) is 0.312. The van der Waals surface area contributed by atoms with Gasteiger partial charge in [-0.05, 0) is 73.9 Å². The molecule has 0 bridgehead atoms. The lowest BCUT2D eigenvalue weighted by molar-refractivity contribution is 0.223. The Bertz CT molecular complexity index is 1530. The second-order valence-electron chi connectivity index (χ2n) is 8.84. The zero-order valence-electron chi connectivity index (χ0n) is 20.9. The molecule has 4 aromatic rings. The Labute approximate surface area is 214 Å². The lowest BCUT2D eigenvalue weighted by Crippen LogP contribution is -2.55. The SMILES string of the molecule is CSC1=CC(=Nc2ccc3nc(C)cc(N(C)C)c3c2)NN(Nc2ccc3nc(C)cc(N)c3c2)N1. The molecule has 2 aromatic heterocycles. The molecule has 0 amide bonds. The fourth-order valence-electron chi connectivity index (χ4n) is 4.15. The third-order valence-electron chi connectivity index (χ3n) is 5.78. The van der Waals surface area contributed by atoms with Crippen molar-refractivity contribution in [2.45, 2.75) is 13.8 Å². The number of hydrazine groups is 3. The average Bonchev–Trinajstić information content (AvgIpc) is 2.83. The summed E-state index contributed by atoms with van der Waals surface area (Å²) in [5, 5.41) is 4.57. The number of pyridine rings is 2. The van der Waals surface area contributed by atoms with Crippen LogP contribution in [-0.4, -0.2) is 41.4 Å². The Hall–Kier alpha value is -4.02. The Morgan fingerprint density at radius 2 is 1.67 bits per heavy atom. The smallest absolute Gasteiger partial charge is 0.146 e. The highest BCUT2D eigenvalue weighted by Gasteiger charge is 2.16. The van der Waals surface area contributed by atoms with E-state index in [1.54, 1.807) is 17.0 Å². The van der Waals surface area contributed by atoms with Crippen LogP contribution in [0.3, 0.4) is 0 Å². The monoisotopic (exact) mass is 499 g/mol. The molecular weight excluding hydrogens is 470 g/mol. The summed E-state index contributed by atoms with van der Waals surface area (Å²) in [5.74, 6) is 0.689. The van der Waals surface area contributed by atoms with E-state index in [4.69, 9.17) is 10.7 Å². The maximum Gasteiger partial charge on any atom is 0.146 e. The maximum atomic E-state index is 6.24. The highest BCUT2D eigenvalue weighted by Crippen LogP contribution is 2.29. The molecule has 2 aromatic carbocycles. The van der Waals surface area contributed by atoms with Crippen molar-refractivity contribution in [3.63, 3.8) is 0 Å². The van der Waals surface area contributed by atoms with Gasteiger partial charge in [-0.25, -0.2) is 4.99 Å². The van der Waals surface area contributed by atoms with Crippen molar-refractivity contribution >= 4 is 62.2 Å². The van der Waals surface area contributed by atoms with E-state index in [-0.39, 0.29) is 0 Å². The summed E-state index contributed by atoms with van der Waals surface area (Å²) in [6, 6.07) is 15.9. The van der Waals surface area contributed by atoms with Crippen LogP contribution in [0.25, 0.3) is 21.8 Å². The number of aryl methyl sites for hydroxylation is 2. The van der Waals surface area contributed by atoms with Crippen molar-refractivity contribution in [3.8, 4) is 0 Å². The molecule has 10 heteroatoms. The molecule has 0 fully saturated rings. The molecule has 5 N–H and O–H groups in total. The van der Waals surface area contributed by atoms with E-state index in [1.165, 1.54) is 0 Å². The zero-order valence-corrected chi connectivity index (χ0v) is 21.7. The normalized spacial score (nSPS) is 15.0. The van der Waals surface area contributed by atoms with Crippen LogP contribution in [0.5, 0.6) is 0 Å². The lowest BCUT2D eigenvalue weighted by atomic mass is 10.1. The molecule has 0 saturated carbocycles. The topological polar surface area (TPSA) is 107 Å². The van der Waals surface area contributed by atoms with Crippen LogP contribution >= 0.6 is 11.8 Å². The molecule has 9 nitrogen and oxygen atoms in total. The molecule has 3 heterocycles. The lowest BCUT2D eigenvalue weighted by Gasteiger charge is -2.30. The van der Waals surface area contributed by atoms with Gasteiger partial charge in [0.1, 0.15) is 5.84 Å². The van der Waals surface area contributed by atoms with Crippen molar-refractivity contribution in [2.75, 3.05) is 36.4 Å². The van der Waals surface area contributed by atoms with Crippen molar-refractivity contribution in [1.29, 1.82) is 0 Å². The number of aliphatic imine (C=N–C) groups is 1. The van der Waals surface area contributed by atoms with Gasteiger partial charge in [0.25, 0.3) is 0 Å². The molecule has 5 rings (SSSR count). The van der Waals surface area contributed by atoms with Gasteiger partial charge in [-0.15, -0.1) is 11.8 Å². The van der Waals surface area contributed by atoms with Gasteiger partial charge >= 0.3 is 0 Å². The summed E-state index contributed by atoms with van der Waals surface area (Å²) < 4.78 is 0. The molecule has 0 aliphatic carbocycles. The predicted molar refractivity (Wildman–Crippen MR) is 152 cm³/mol. The number of aromatic nitrogens is 2. The number of rotatable bonds is 5. The van der Waals surface area contributed by atoms with E-state index in [1.807, 2.05) is 76.7 Å². The molecule has 36 heavy (non-hydrogen) atoms. The summed E-state index contributed by atoms with van der Waals surface area (Å²) in [4.78, 5) is 16.2. The number of nitrogens with zero attached hydrogens (tertiary/aromatic N) is 5. The molecular formula is C26H29N9S. The molecule has 0 spiro atoms. The highest BCUT2D eigenvalue weighted by atomic mass is 32.2. The van der Waals surface area contributed by atoms with Crippen LogP contribution in [0.2, 0.25) is 0 Å². The van der Waals surface area contributed by atoms with E-state index < -0.39 is 0 Å². The number of hydrogen-bond donors (Lipinski definition) is 4. The van der Waals surface area contributed by atoms with E-state index >= 15 is 0 Å². The summed E-state index contributed by atoms with van der Waals surface area (Å²) in [6.07, 6.45) is 3.98. The summed E-state index contributed by atoms with van der Waals surface area (Å²) in [6.45, 7) is 3.95. The van der Waals surface area contributed by atoms with E-state index in [0.29, 0.717) is 11.5 Å². The van der Waals surface area contributed by atoms with Crippen LogP contribution in [-0.2, 0) is 0 Å².